The molecule has 6 rings (SSSR count). The van der Waals surface area contributed by atoms with E-state index in [1.807, 2.05) is 12.1 Å². The van der Waals surface area contributed by atoms with E-state index in [1.165, 1.54) is 68.1 Å². The zero-order valence-corrected chi connectivity index (χ0v) is 28.9. The fourth-order valence-electron chi connectivity index (χ4n) is 12.8. The van der Waals surface area contributed by atoms with Crippen molar-refractivity contribution in [3.8, 4) is 0 Å². The largest absolute Gasteiger partial charge is 0.478 e. The number of benzene rings is 1. The Morgan fingerprint density at radius 1 is 0.956 bits per heavy atom. The van der Waals surface area contributed by atoms with E-state index in [0.29, 0.717) is 52.5 Å². The Kier molecular flexibility index (Phi) is 8.52. The maximum absolute atomic E-state index is 11.5. The molecule has 0 saturated heterocycles. The molecule has 0 radical (unpaired) electrons. The third-order valence-corrected chi connectivity index (χ3v) is 15.2. The van der Waals surface area contributed by atoms with Crippen LogP contribution in [0.1, 0.15) is 122 Å². The SMILES string of the molecule is C=C(C)[C@@H]1CC[C@]2(CONCCCO)CC[C@]3(C)C(CCC4[C@@]5(C)CC=C(c6ccc(C(=O)O)cc6)C(C)(C)C5CC[C@]43C)C12. The lowest BCUT2D eigenvalue weighted by Gasteiger charge is -2.72. The summed E-state index contributed by atoms with van der Waals surface area (Å²) >= 11 is 0. The summed E-state index contributed by atoms with van der Waals surface area (Å²) in [7, 11) is 0. The summed E-state index contributed by atoms with van der Waals surface area (Å²) in [5.41, 5.74) is 8.54. The van der Waals surface area contributed by atoms with Gasteiger partial charge in [0.05, 0.1) is 12.2 Å². The highest BCUT2D eigenvalue weighted by Crippen LogP contribution is 2.77. The van der Waals surface area contributed by atoms with Crippen molar-refractivity contribution in [2.24, 2.45) is 56.7 Å². The van der Waals surface area contributed by atoms with E-state index in [1.54, 1.807) is 12.1 Å². The molecule has 0 heterocycles. The number of carboxylic acids is 1. The van der Waals surface area contributed by atoms with Crippen molar-refractivity contribution in [3.63, 3.8) is 0 Å². The molecular formula is C40H59NO4. The van der Waals surface area contributed by atoms with Crippen LogP contribution >= 0.6 is 0 Å². The maximum Gasteiger partial charge on any atom is 0.335 e. The maximum atomic E-state index is 11.5. The molecule has 0 aromatic heterocycles. The number of carboxylic acid groups (broad SMARTS) is 1. The van der Waals surface area contributed by atoms with Crippen LogP contribution in [-0.4, -0.2) is 35.9 Å². The van der Waals surface area contributed by atoms with Crippen molar-refractivity contribution in [2.75, 3.05) is 19.8 Å². The predicted octanol–water partition coefficient (Wildman–Crippen LogP) is 8.94. The van der Waals surface area contributed by atoms with E-state index in [2.05, 4.69) is 59.7 Å². The number of hydroxylamine groups is 1. The topological polar surface area (TPSA) is 78.8 Å². The highest BCUT2D eigenvalue weighted by Gasteiger charge is 2.70. The predicted molar refractivity (Wildman–Crippen MR) is 181 cm³/mol. The third kappa shape index (κ3) is 4.92. The average Bonchev–Trinajstić information content (AvgIpc) is 3.37. The van der Waals surface area contributed by atoms with E-state index >= 15 is 0 Å². The number of fused-ring (bicyclic) bond motifs is 7. The van der Waals surface area contributed by atoms with Gasteiger partial charge in [-0.05, 0) is 151 Å². The summed E-state index contributed by atoms with van der Waals surface area (Å²) in [5.74, 6) is 2.31. The van der Waals surface area contributed by atoms with Gasteiger partial charge in [-0.3, -0.25) is 0 Å². The van der Waals surface area contributed by atoms with Gasteiger partial charge in [0.25, 0.3) is 0 Å². The van der Waals surface area contributed by atoms with Crippen molar-refractivity contribution < 1.29 is 19.8 Å². The van der Waals surface area contributed by atoms with Crippen LogP contribution in [0.2, 0.25) is 0 Å². The van der Waals surface area contributed by atoms with E-state index in [-0.39, 0.29) is 22.9 Å². The molecule has 4 fully saturated rings. The quantitative estimate of drug-likeness (QED) is 0.146. The van der Waals surface area contributed by atoms with Crippen LogP contribution in [0, 0.1) is 56.7 Å². The molecule has 4 unspecified atom stereocenters. The first-order valence-electron chi connectivity index (χ1n) is 17.9. The fourth-order valence-corrected chi connectivity index (χ4v) is 12.8. The molecule has 0 bridgehead atoms. The van der Waals surface area contributed by atoms with E-state index < -0.39 is 5.97 Å². The van der Waals surface area contributed by atoms with Gasteiger partial charge in [-0.15, -0.1) is 0 Å². The van der Waals surface area contributed by atoms with E-state index in [9.17, 15) is 15.0 Å². The van der Waals surface area contributed by atoms with Gasteiger partial charge < -0.3 is 15.1 Å². The summed E-state index contributed by atoms with van der Waals surface area (Å²) in [5, 5.41) is 18.7. The van der Waals surface area contributed by atoms with Gasteiger partial charge in [0.15, 0.2) is 0 Å². The molecule has 5 nitrogen and oxygen atoms in total. The Bertz CT molecular complexity index is 1330. The first-order chi connectivity index (χ1) is 21.2. The fraction of sp³-hybridized carbons (Fsp3) is 0.725. The first-order valence-corrected chi connectivity index (χ1v) is 17.9. The van der Waals surface area contributed by atoms with Gasteiger partial charge in [-0.2, -0.15) is 0 Å². The van der Waals surface area contributed by atoms with Crippen LogP contribution in [0.15, 0.2) is 42.5 Å². The van der Waals surface area contributed by atoms with Gasteiger partial charge in [0, 0.05) is 13.2 Å². The monoisotopic (exact) mass is 617 g/mol. The van der Waals surface area contributed by atoms with Gasteiger partial charge in [-0.25, -0.2) is 10.3 Å². The lowest BCUT2D eigenvalue weighted by Crippen LogP contribution is -2.65. The molecule has 0 amide bonds. The molecule has 9 atom stereocenters. The molecule has 248 valence electrons. The molecule has 45 heavy (non-hydrogen) atoms. The number of aliphatic hydroxyl groups excluding tert-OH is 1. The average molecular weight is 618 g/mol. The van der Waals surface area contributed by atoms with Crippen LogP contribution in [-0.2, 0) is 4.84 Å². The van der Waals surface area contributed by atoms with Crippen molar-refractivity contribution in [1.82, 2.24) is 5.48 Å². The van der Waals surface area contributed by atoms with Gasteiger partial charge in [0.1, 0.15) is 0 Å². The van der Waals surface area contributed by atoms with Gasteiger partial charge in [-0.1, -0.05) is 65.0 Å². The number of aliphatic hydroxyl groups is 1. The molecule has 5 heteroatoms. The molecule has 4 saturated carbocycles. The molecule has 5 aliphatic rings. The molecular weight excluding hydrogens is 558 g/mol. The third-order valence-electron chi connectivity index (χ3n) is 15.2. The van der Waals surface area contributed by atoms with Crippen molar-refractivity contribution in [1.29, 1.82) is 0 Å². The minimum atomic E-state index is -0.865. The molecule has 0 aliphatic heterocycles. The number of rotatable bonds is 9. The van der Waals surface area contributed by atoms with Crippen molar-refractivity contribution in [2.45, 2.75) is 106 Å². The lowest BCUT2D eigenvalue weighted by molar-refractivity contribution is -0.231. The Morgan fingerprint density at radius 2 is 1.69 bits per heavy atom. The second-order valence-corrected chi connectivity index (χ2v) is 17.2. The zero-order chi connectivity index (χ0) is 32.4. The normalized spacial score (nSPS) is 41.7. The Labute approximate surface area is 272 Å². The highest BCUT2D eigenvalue weighted by atomic mass is 16.6. The Hall–Kier alpha value is -1.95. The van der Waals surface area contributed by atoms with E-state index in [0.717, 1.165) is 19.4 Å². The second-order valence-electron chi connectivity index (χ2n) is 17.2. The highest BCUT2D eigenvalue weighted by molar-refractivity contribution is 5.88. The standard InChI is InChI=1S/C40H59NO4/c1-26(2)29-15-20-40(25-45-41-23-8-24-42)22-21-38(6)31(34(29)40)13-14-33-37(5)18-16-30(27-9-11-28(12-10-27)35(43)44)36(3,4)32(37)17-19-39(33,38)7/h9-12,16,29,31-34,41-42H,1,8,13-15,17-25H2,2-7H3,(H,43,44)/t29-,31?,32?,33?,34?,37-,38+,39+,40+/m0/s1. The number of nitrogens with one attached hydrogen (secondary N) is 1. The van der Waals surface area contributed by atoms with E-state index in [4.69, 9.17) is 4.84 Å². The van der Waals surface area contributed by atoms with Gasteiger partial charge in [0.2, 0.25) is 0 Å². The van der Waals surface area contributed by atoms with Crippen LogP contribution in [0.4, 0.5) is 0 Å². The zero-order valence-electron chi connectivity index (χ0n) is 28.9. The molecule has 0 spiro atoms. The first kappa shape index (κ1) is 33.0. The summed E-state index contributed by atoms with van der Waals surface area (Å²) < 4.78 is 0. The number of carbonyl (C=O) groups is 1. The van der Waals surface area contributed by atoms with Crippen molar-refractivity contribution >= 4 is 11.5 Å². The minimum absolute atomic E-state index is 0.0232. The number of aromatic carboxylic acids is 1. The van der Waals surface area contributed by atoms with Crippen LogP contribution in [0.5, 0.6) is 0 Å². The molecule has 1 aromatic rings. The lowest BCUT2D eigenvalue weighted by atomic mass is 9.32. The second kappa shape index (κ2) is 11.6. The number of allylic oxidation sites excluding steroid dienone is 3. The number of hydrogen-bond donors (Lipinski definition) is 3. The smallest absolute Gasteiger partial charge is 0.335 e. The van der Waals surface area contributed by atoms with Crippen LogP contribution < -0.4 is 5.48 Å². The summed E-state index contributed by atoms with van der Waals surface area (Å²) in [6.07, 6.45) is 14.5. The number of hydrogen-bond acceptors (Lipinski definition) is 4. The van der Waals surface area contributed by atoms with Crippen molar-refractivity contribution in [3.05, 3.63) is 53.6 Å². The summed E-state index contributed by atoms with van der Waals surface area (Å²) in [4.78, 5) is 17.7. The molecule has 1 aromatic carbocycles. The summed E-state index contributed by atoms with van der Waals surface area (Å²) in [6.45, 7) is 21.4. The van der Waals surface area contributed by atoms with Gasteiger partial charge >= 0.3 is 5.97 Å². The van der Waals surface area contributed by atoms with Crippen LogP contribution in [0.3, 0.4) is 0 Å². The summed E-state index contributed by atoms with van der Waals surface area (Å²) in [6, 6.07) is 7.59. The Balaban J connectivity index is 1.30. The minimum Gasteiger partial charge on any atom is -0.478 e. The molecule has 5 aliphatic carbocycles. The molecule has 3 N–H and O–H groups in total. The Morgan fingerprint density at radius 3 is 2.36 bits per heavy atom. The van der Waals surface area contributed by atoms with Crippen LogP contribution in [0.25, 0.3) is 5.57 Å².